The van der Waals surface area contributed by atoms with E-state index >= 15 is 0 Å². The number of hydrogen-bond donors (Lipinski definition) is 0. The third-order valence-corrected chi connectivity index (χ3v) is 3.51. The molecule has 5 heteroatoms. The van der Waals surface area contributed by atoms with Gasteiger partial charge in [-0.1, -0.05) is 12.1 Å². The molecular formula is C15H21FN2O2. The average molecular weight is 280 g/mol. The lowest BCUT2D eigenvalue weighted by Crippen LogP contribution is -2.47. The van der Waals surface area contributed by atoms with Crippen LogP contribution in [0.5, 0.6) is 0 Å². The molecule has 1 unspecified atom stereocenters. The summed E-state index contributed by atoms with van der Waals surface area (Å²) in [7, 11) is 2.10. The molecule has 1 saturated heterocycles. The minimum atomic E-state index is -0.593. The van der Waals surface area contributed by atoms with Gasteiger partial charge in [0.05, 0.1) is 5.56 Å². The van der Waals surface area contributed by atoms with Crippen LogP contribution in [-0.2, 0) is 4.74 Å². The van der Waals surface area contributed by atoms with Crippen molar-refractivity contribution in [3.63, 3.8) is 0 Å². The number of esters is 1. The Balaban J connectivity index is 1.84. The molecule has 1 aliphatic rings. The van der Waals surface area contributed by atoms with Crippen LogP contribution < -0.4 is 0 Å². The molecule has 2 rings (SSSR count). The van der Waals surface area contributed by atoms with E-state index in [2.05, 4.69) is 16.8 Å². The fraction of sp³-hybridized carbons (Fsp3) is 0.533. The molecule has 110 valence electrons. The van der Waals surface area contributed by atoms with E-state index in [1.807, 2.05) is 6.92 Å². The normalized spacial score (nSPS) is 18.8. The van der Waals surface area contributed by atoms with Crippen molar-refractivity contribution < 1.29 is 13.9 Å². The Morgan fingerprint density at radius 2 is 1.95 bits per heavy atom. The van der Waals surface area contributed by atoms with Crippen LogP contribution in [0.2, 0.25) is 0 Å². The smallest absolute Gasteiger partial charge is 0.341 e. The quantitative estimate of drug-likeness (QED) is 0.785. The first kappa shape index (κ1) is 14.9. The van der Waals surface area contributed by atoms with Crippen LogP contribution in [0.1, 0.15) is 17.3 Å². The van der Waals surface area contributed by atoms with Crippen molar-refractivity contribution >= 4 is 5.97 Å². The van der Waals surface area contributed by atoms with Crippen molar-refractivity contribution in [3.05, 3.63) is 35.6 Å². The number of ether oxygens (including phenoxy) is 1. The molecule has 1 fully saturated rings. The number of carbonyl (C=O) groups is 1. The first-order valence-corrected chi connectivity index (χ1v) is 6.92. The van der Waals surface area contributed by atoms with Crippen molar-refractivity contribution in [2.24, 2.45) is 0 Å². The second kappa shape index (κ2) is 6.81. The average Bonchev–Trinajstić information content (AvgIpc) is 2.41. The van der Waals surface area contributed by atoms with Gasteiger partial charge in [-0.25, -0.2) is 9.18 Å². The zero-order valence-corrected chi connectivity index (χ0v) is 12.0. The van der Waals surface area contributed by atoms with Gasteiger partial charge in [0.2, 0.25) is 0 Å². The topological polar surface area (TPSA) is 32.8 Å². The number of piperazine rings is 1. The number of nitrogens with zero attached hydrogens (tertiary/aromatic N) is 2. The lowest BCUT2D eigenvalue weighted by Gasteiger charge is -2.33. The molecule has 0 aliphatic carbocycles. The predicted octanol–water partition coefficient (Wildman–Crippen LogP) is 1.62. The molecule has 1 aromatic carbocycles. The van der Waals surface area contributed by atoms with Crippen LogP contribution in [0.3, 0.4) is 0 Å². The molecule has 1 heterocycles. The Bertz CT molecular complexity index is 459. The largest absolute Gasteiger partial charge is 0.458 e. The maximum Gasteiger partial charge on any atom is 0.341 e. The number of hydrogen-bond acceptors (Lipinski definition) is 4. The maximum atomic E-state index is 13.5. The van der Waals surface area contributed by atoms with Crippen LogP contribution in [0.4, 0.5) is 4.39 Å². The monoisotopic (exact) mass is 280 g/mol. The van der Waals surface area contributed by atoms with Crippen molar-refractivity contribution in [1.82, 2.24) is 9.80 Å². The highest BCUT2D eigenvalue weighted by atomic mass is 19.1. The summed E-state index contributed by atoms with van der Waals surface area (Å²) in [4.78, 5) is 16.4. The third kappa shape index (κ3) is 4.02. The van der Waals surface area contributed by atoms with Crippen LogP contribution >= 0.6 is 0 Å². The molecule has 0 N–H and O–H groups in total. The van der Waals surface area contributed by atoms with E-state index in [-0.39, 0.29) is 11.7 Å². The van der Waals surface area contributed by atoms with Crippen molar-refractivity contribution in [1.29, 1.82) is 0 Å². The molecule has 0 saturated carbocycles. The van der Waals surface area contributed by atoms with Gasteiger partial charge < -0.3 is 9.64 Å². The molecule has 20 heavy (non-hydrogen) atoms. The van der Waals surface area contributed by atoms with Gasteiger partial charge in [-0.15, -0.1) is 0 Å². The highest BCUT2D eigenvalue weighted by molar-refractivity contribution is 5.89. The summed E-state index contributed by atoms with van der Waals surface area (Å²) in [6.07, 6.45) is -0.245. The molecule has 0 bridgehead atoms. The number of halogens is 1. The van der Waals surface area contributed by atoms with Crippen LogP contribution in [-0.4, -0.2) is 61.6 Å². The molecular weight excluding hydrogens is 259 g/mol. The maximum absolute atomic E-state index is 13.5. The molecule has 0 spiro atoms. The van der Waals surface area contributed by atoms with Gasteiger partial charge in [0.15, 0.2) is 0 Å². The summed E-state index contributed by atoms with van der Waals surface area (Å²) in [5.74, 6) is -1.13. The van der Waals surface area contributed by atoms with E-state index in [1.165, 1.54) is 12.1 Å². The number of likely N-dealkylation sites (N-methyl/N-ethyl adjacent to an activating group) is 1. The predicted molar refractivity (Wildman–Crippen MR) is 75.2 cm³/mol. The second-order valence-electron chi connectivity index (χ2n) is 5.30. The van der Waals surface area contributed by atoms with E-state index in [4.69, 9.17) is 4.74 Å². The number of carbonyl (C=O) groups excluding carboxylic acids is 1. The summed E-state index contributed by atoms with van der Waals surface area (Å²) in [6, 6.07) is 5.90. The first-order valence-electron chi connectivity index (χ1n) is 6.92. The Morgan fingerprint density at radius 1 is 1.30 bits per heavy atom. The zero-order chi connectivity index (χ0) is 14.5. The van der Waals surface area contributed by atoms with E-state index < -0.39 is 11.8 Å². The van der Waals surface area contributed by atoms with Gasteiger partial charge in [0, 0.05) is 32.7 Å². The number of benzene rings is 1. The van der Waals surface area contributed by atoms with Gasteiger partial charge in [-0.3, -0.25) is 4.90 Å². The highest BCUT2D eigenvalue weighted by Crippen LogP contribution is 2.10. The van der Waals surface area contributed by atoms with Gasteiger partial charge >= 0.3 is 5.97 Å². The molecule has 0 radical (unpaired) electrons. The zero-order valence-electron chi connectivity index (χ0n) is 12.0. The third-order valence-electron chi connectivity index (χ3n) is 3.51. The highest BCUT2D eigenvalue weighted by Gasteiger charge is 2.20. The van der Waals surface area contributed by atoms with Crippen LogP contribution in [0.25, 0.3) is 0 Å². The summed E-state index contributed by atoms with van der Waals surface area (Å²) >= 11 is 0. The van der Waals surface area contributed by atoms with E-state index in [0.29, 0.717) is 6.54 Å². The van der Waals surface area contributed by atoms with Crippen molar-refractivity contribution in [2.45, 2.75) is 13.0 Å². The van der Waals surface area contributed by atoms with Crippen molar-refractivity contribution in [2.75, 3.05) is 39.8 Å². The SMILES string of the molecule is CC(CN1CCN(C)CC1)OC(=O)c1ccccc1F. The lowest BCUT2D eigenvalue weighted by molar-refractivity contribution is 0.0203. The van der Waals surface area contributed by atoms with Crippen LogP contribution in [0.15, 0.2) is 24.3 Å². The Hall–Kier alpha value is -1.46. The van der Waals surface area contributed by atoms with Gasteiger partial charge in [0.1, 0.15) is 11.9 Å². The lowest BCUT2D eigenvalue weighted by atomic mass is 10.2. The van der Waals surface area contributed by atoms with E-state index in [0.717, 1.165) is 26.2 Å². The van der Waals surface area contributed by atoms with E-state index in [1.54, 1.807) is 12.1 Å². The minimum absolute atomic E-state index is 0.00210. The summed E-state index contributed by atoms with van der Waals surface area (Å²) in [5.41, 5.74) is -0.00210. The summed E-state index contributed by atoms with van der Waals surface area (Å²) in [6.45, 7) is 6.52. The Kier molecular flexibility index (Phi) is 5.09. The molecule has 1 aliphatic heterocycles. The Morgan fingerprint density at radius 3 is 2.60 bits per heavy atom. The van der Waals surface area contributed by atoms with Crippen molar-refractivity contribution in [3.8, 4) is 0 Å². The van der Waals surface area contributed by atoms with Crippen LogP contribution in [0, 0.1) is 5.82 Å². The molecule has 0 aromatic heterocycles. The second-order valence-corrected chi connectivity index (χ2v) is 5.30. The fourth-order valence-corrected chi connectivity index (χ4v) is 2.30. The first-order chi connectivity index (χ1) is 9.56. The summed E-state index contributed by atoms with van der Waals surface area (Å²) in [5, 5.41) is 0. The minimum Gasteiger partial charge on any atom is -0.458 e. The summed E-state index contributed by atoms with van der Waals surface area (Å²) < 4.78 is 18.8. The molecule has 1 atom stereocenters. The Labute approximate surface area is 119 Å². The van der Waals surface area contributed by atoms with Gasteiger partial charge in [0.25, 0.3) is 0 Å². The molecule has 4 nitrogen and oxygen atoms in total. The fourth-order valence-electron chi connectivity index (χ4n) is 2.30. The van der Waals surface area contributed by atoms with Gasteiger partial charge in [-0.2, -0.15) is 0 Å². The molecule has 1 aromatic rings. The molecule has 0 amide bonds. The number of rotatable bonds is 4. The van der Waals surface area contributed by atoms with Gasteiger partial charge in [-0.05, 0) is 26.1 Å². The van der Waals surface area contributed by atoms with E-state index in [9.17, 15) is 9.18 Å². The standard InChI is InChI=1S/C15H21FN2O2/c1-12(11-18-9-7-17(2)8-10-18)20-15(19)13-5-3-4-6-14(13)16/h3-6,12H,7-11H2,1-2H3.